The van der Waals surface area contributed by atoms with Crippen LogP contribution in [-0.2, 0) is 11.3 Å². The molecular formula is C29H31N5O3. The van der Waals surface area contributed by atoms with E-state index < -0.39 is 0 Å². The fourth-order valence-electron chi connectivity index (χ4n) is 5.14. The summed E-state index contributed by atoms with van der Waals surface area (Å²) in [4.78, 5) is 25.1. The first-order valence-corrected chi connectivity index (χ1v) is 12.3. The summed E-state index contributed by atoms with van der Waals surface area (Å²) in [7, 11) is 3.27. The van der Waals surface area contributed by atoms with Gasteiger partial charge in [0.2, 0.25) is 5.91 Å². The molecule has 5 rings (SSSR count). The number of hydrogen-bond acceptors (Lipinski definition) is 6. The fraction of sp³-hybridized carbons (Fsp3) is 0.310. The molecule has 0 radical (unpaired) electrons. The lowest BCUT2D eigenvalue weighted by atomic mass is 9.84. The van der Waals surface area contributed by atoms with Crippen LogP contribution in [0, 0.1) is 27.7 Å². The molecule has 2 aromatic carbocycles. The van der Waals surface area contributed by atoms with E-state index in [1.165, 1.54) is 0 Å². The third kappa shape index (κ3) is 4.43. The zero-order chi connectivity index (χ0) is 26.3. The Balaban J connectivity index is 1.75. The number of benzene rings is 2. The van der Waals surface area contributed by atoms with Crippen molar-refractivity contribution in [1.82, 2.24) is 19.7 Å². The van der Waals surface area contributed by atoms with Crippen LogP contribution in [-0.4, -0.2) is 39.9 Å². The summed E-state index contributed by atoms with van der Waals surface area (Å²) >= 11 is 0. The van der Waals surface area contributed by atoms with E-state index in [1.807, 2.05) is 62.1 Å². The SMILES string of the molecule is COc1ccc(OC)c([C@H]2CC(=O)N(Cc3ccccc3C)c3c2c(C)nn3-c2nc(C)cc(C)n2)c1. The Labute approximate surface area is 216 Å². The normalized spacial score (nSPS) is 15.0. The molecule has 1 amide bonds. The molecule has 8 nitrogen and oxygen atoms in total. The van der Waals surface area contributed by atoms with Crippen molar-refractivity contribution in [2.45, 2.75) is 46.6 Å². The Bertz CT molecular complexity index is 1470. The molecule has 4 aromatic rings. The van der Waals surface area contributed by atoms with Crippen molar-refractivity contribution in [3.8, 4) is 17.4 Å². The van der Waals surface area contributed by atoms with Crippen LogP contribution >= 0.6 is 0 Å². The maximum absolute atomic E-state index is 13.9. The zero-order valence-electron chi connectivity index (χ0n) is 22.1. The largest absolute Gasteiger partial charge is 0.497 e. The van der Waals surface area contributed by atoms with Gasteiger partial charge in [0.15, 0.2) is 0 Å². The standard InChI is InChI=1S/C29H31N5O3/c1-17-9-7-8-10-21(17)16-33-26(35)15-24(23-14-22(36-5)11-12-25(23)37-6)27-20(4)32-34(28(27)33)29-30-18(2)13-19(3)31-29/h7-14,24H,15-16H2,1-6H3/t24-/m1/s1. The van der Waals surface area contributed by atoms with Gasteiger partial charge < -0.3 is 9.47 Å². The summed E-state index contributed by atoms with van der Waals surface area (Å²) in [5.41, 5.74) is 6.53. The molecule has 0 unspecified atom stereocenters. The molecular weight excluding hydrogens is 466 g/mol. The van der Waals surface area contributed by atoms with E-state index >= 15 is 0 Å². The second kappa shape index (κ2) is 9.69. The van der Waals surface area contributed by atoms with Gasteiger partial charge in [0, 0.05) is 34.9 Å². The van der Waals surface area contributed by atoms with Crippen LogP contribution in [0.15, 0.2) is 48.5 Å². The van der Waals surface area contributed by atoms with E-state index in [0.29, 0.717) is 29.8 Å². The van der Waals surface area contributed by atoms with Gasteiger partial charge in [0.05, 0.1) is 26.5 Å². The van der Waals surface area contributed by atoms with Crippen LogP contribution in [0.2, 0.25) is 0 Å². The Morgan fingerprint density at radius 1 is 0.946 bits per heavy atom. The molecule has 8 heteroatoms. The number of carbonyl (C=O) groups is 1. The highest BCUT2D eigenvalue weighted by molar-refractivity contribution is 5.97. The summed E-state index contributed by atoms with van der Waals surface area (Å²) in [5.74, 6) is 2.28. The summed E-state index contributed by atoms with van der Waals surface area (Å²) in [5, 5.41) is 4.89. The topological polar surface area (TPSA) is 82.4 Å². The Morgan fingerprint density at radius 3 is 2.35 bits per heavy atom. The average Bonchev–Trinajstić information content (AvgIpc) is 3.22. The van der Waals surface area contributed by atoms with E-state index in [-0.39, 0.29) is 18.2 Å². The molecule has 0 N–H and O–H groups in total. The smallest absolute Gasteiger partial charge is 0.252 e. The number of anilines is 1. The summed E-state index contributed by atoms with van der Waals surface area (Å²) in [6, 6.07) is 15.7. The minimum Gasteiger partial charge on any atom is -0.497 e. The van der Waals surface area contributed by atoms with Crippen molar-refractivity contribution < 1.29 is 14.3 Å². The van der Waals surface area contributed by atoms with Gasteiger partial charge in [-0.15, -0.1) is 0 Å². The van der Waals surface area contributed by atoms with E-state index in [1.54, 1.807) is 18.9 Å². The molecule has 0 aliphatic carbocycles. The van der Waals surface area contributed by atoms with Crippen molar-refractivity contribution in [1.29, 1.82) is 0 Å². The zero-order valence-corrected chi connectivity index (χ0v) is 22.1. The third-order valence-corrected chi connectivity index (χ3v) is 6.93. The molecule has 1 aliphatic heterocycles. The lowest BCUT2D eigenvalue weighted by Gasteiger charge is -2.33. The van der Waals surface area contributed by atoms with Crippen LogP contribution in [0.3, 0.4) is 0 Å². The lowest BCUT2D eigenvalue weighted by Crippen LogP contribution is -2.38. The van der Waals surface area contributed by atoms with Crippen LogP contribution < -0.4 is 14.4 Å². The maximum atomic E-state index is 13.9. The molecule has 37 heavy (non-hydrogen) atoms. The Morgan fingerprint density at radius 2 is 1.68 bits per heavy atom. The molecule has 0 bridgehead atoms. The highest BCUT2D eigenvalue weighted by Gasteiger charge is 2.39. The van der Waals surface area contributed by atoms with E-state index in [9.17, 15) is 4.79 Å². The van der Waals surface area contributed by atoms with Gasteiger partial charge >= 0.3 is 0 Å². The number of hydrogen-bond donors (Lipinski definition) is 0. The molecule has 1 aliphatic rings. The predicted molar refractivity (Wildman–Crippen MR) is 142 cm³/mol. The number of amides is 1. The lowest BCUT2D eigenvalue weighted by molar-refractivity contribution is -0.119. The number of aromatic nitrogens is 4. The number of fused-ring (bicyclic) bond motifs is 1. The van der Waals surface area contributed by atoms with Gasteiger partial charge in [0.25, 0.3) is 5.95 Å². The number of aryl methyl sites for hydroxylation is 4. The summed E-state index contributed by atoms with van der Waals surface area (Å²) in [6.07, 6.45) is 0.280. The monoisotopic (exact) mass is 497 g/mol. The minimum atomic E-state index is -0.264. The predicted octanol–water partition coefficient (Wildman–Crippen LogP) is 4.98. The second-order valence-corrected chi connectivity index (χ2v) is 9.46. The highest BCUT2D eigenvalue weighted by atomic mass is 16.5. The third-order valence-electron chi connectivity index (χ3n) is 6.93. The van der Waals surface area contributed by atoms with Crippen molar-refractivity contribution in [3.63, 3.8) is 0 Å². The number of ether oxygens (including phenoxy) is 2. The van der Waals surface area contributed by atoms with Crippen LogP contribution in [0.1, 0.15) is 51.7 Å². The number of methoxy groups -OCH3 is 2. The van der Waals surface area contributed by atoms with Crippen molar-refractivity contribution in [2.24, 2.45) is 0 Å². The fourth-order valence-corrected chi connectivity index (χ4v) is 5.14. The quantitative estimate of drug-likeness (QED) is 0.374. The van der Waals surface area contributed by atoms with Gasteiger partial charge in [-0.1, -0.05) is 24.3 Å². The van der Waals surface area contributed by atoms with E-state index in [2.05, 4.69) is 29.0 Å². The number of rotatable bonds is 6. The van der Waals surface area contributed by atoms with Crippen molar-refractivity contribution >= 4 is 11.7 Å². The van der Waals surface area contributed by atoms with Crippen LogP contribution in [0.4, 0.5) is 5.82 Å². The van der Waals surface area contributed by atoms with E-state index in [0.717, 1.165) is 39.3 Å². The molecule has 1 atom stereocenters. The minimum absolute atomic E-state index is 0.00356. The van der Waals surface area contributed by atoms with Gasteiger partial charge in [-0.2, -0.15) is 9.78 Å². The molecule has 0 saturated carbocycles. The first kappa shape index (κ1) is 24.5. The van der Waals surface area contributed by atoms with Gasteiger partial charge in [-0.05, 0) is 63.1 Å². The molecule has 3 heterocycles. The molecule has 190 valence electrons. The van der Waals surface area contributed by atoms with E-state index in [4.69, 9.17) is 14.6 Å². The summed E-state index contributed by atoms with van der Waals surface area (Å²) in [6.45, 7) is 8.32. The van der Waals surface area contributed by atoms with Gasteiger partial charge in [-0.25, -0.2) is 9.97 Å². The van der Waals surface area contributed by atoms with Crippen molar-refractivity contribution in [2.75, 3.05) is 19.1 Å². The molecule has 0 fully saturated rings. The highest BCUT2D eigenvalue weighted by Crippen LogP contribution is 2.46. The van der Waals surface area contributed by atoms with Crippen LogP contribution in [0.25, 0.3) is 5.95 Å². The Hall–Kier alpha value is -4.20. The number of carbonyl (C=O) groups excluding carboxylic acids is 1. The second-order valence-electron chi connectivity index (χ2n) is 9.46. The molecule has 0 saturated heterocycles. The summed E-state index contributed by atoms with van der Waals surface area (Å²) < 4.78 is 13.0. The van der Waals surface area contributed by atoms with Crippen LogP contribution in [0.5, 0.6) is 11.5 Å². The number of nitrogens with zero attached hydrogens (tertiary/aromatic N) is 5. The maximum Gasteiger partial charge on any atom is 0.252 e. The Kier molecular flexibility index (Phi) is 6.41. The molecule has 0 spiro atoms. The molecule has 2 aromatic heterocycles. The van der Waals surface area contributed by atoms with Crippen molar-refractivity contribution in [3.05, 3.63) is 87.9 Å². The van der Waals surface area contributed by atoms with Gasteiger partial charge in [-0.3, -0.25) is 9.69 Å². The van der Waals surface area contributed by atoms with Gasteiger partial charge in [0.1, 0.15) is 17.3 Å². The average molecular weight is 498 g/mol. The first-order valence-electron chi connectivity index (χ1n) is 12.3. The first-order chi connectivity index (χ1) is 17.8.